The van der Waals surface area contributed by atoms with Crippen LogP contribution in [0.1, 0.15) is 19.4 Å². The molecule has 0 aliphatic rings. The largest absolute Gasteiger partial charge is 0.504 e. The van der Waals surface area contributed by atoms with E-state index < -0.39 is 0 Å². The Balaban J connectivity index is 2.72. The van der Waals surface area contributed by atoms with Gasteiger partial charge < -0.3 is 15.2 Å². The van der Waals surface area contributed by atoms with E-state index in [1.807, 2.05) is 36.4 Å². The van der Waals surface area contributed by atoms with Gasteiger partial charge in [0.1, 0.15) is 0 Å². The lowest BCUT2D eigenvalue weighted by molar-refractivity contribution is 0.371. The number of aromatic hydroxyl groups is 1. The van der Waals surface area contributed by atoms with Crippen LogP contribution in [0, 0.1) is 3.57 Å². The summed E-state index contributed by atoms with van der Waals surface area (Å²) in [4.78, 5) is 0. The molecule has 0 fully saturated rings. The smallest absolute Gasteiger partial charge is 0.187 e. The number of benzene rings is 1. The molecule has 0 unspecified atom stereocenters. The second kappa shape index (κ2) is 7.49. The van der Waals surface area contributed by atoms with E-state index in [4.69, 9.17) is 17.0 Å². The summed E-state index contributed by atoms with van der Waals surface area (Å²) < 4.78 is 5.77. The maximum absolute atomic E-state index is 9.71. The molecular formula is C12H16IN3O2S. The summed E-state index contributed by atoms with van der Waals surface area (Å²) in [5.74, 6) is 0.543. The number of nitrogens with zero attached hydrogens (tertiary/aromatic N) is 1. The lowest BCUT2D eigenvalue weighted by Gasteiger charge is -2.09. The highest BCUT2D eigenvalue weighted by Crippen LogP contribution is 2.31. The monoisotopic (exact) mass is 393 g/mol. The maximum Gasteiger partial charge on any atom is 0.187 e. The minimum atomic E-state index is 0.130. The van der Waals surface area contributed by atoms with Crippen LogP contribution in [0.3, 0.4) is 0 Å². The molecule has 3 N–H and O–H groups in total. The molecule has 1 aromatic rings. The van der Waals surface area contributed by atoms with Crippen molar-refractivity contribution in [2.24, 2.45) is 5.10 Å². The first kappa shape index (κ1) is 16.0. The zero-order valence-electron chi connectivity index (χ0n) is 10.9. The Hall–Kier alpha value is -1.09. The molecule has 0 saturated heterocycles. The zero-order chi connectivity index (χ0) is 14.4. The fourth-order valence-corrected chi connectivity index (χ4v) is 2.20. The molecule has 0 bridgehead atoms. The number of nitrogens with one attached hydrogen (secondary N) is 2. The van der Waals surface area contributed by atoms with Crippen LogP contribution in [0.2, 0.25) is 0 Å². The van der Waals surface area contributed by atoms with Gasteiger partial charge in [0.05, 0.1) is 16.9 Å². The molecule has 0 heterocycles. The fourth-order valence-electron chi connectivity index (χ4n) is 1.28. The molecule has 1 rings (SSSR count). The van der Waals surface area contributed by atoms with Crippen LogP contribution < -0.4 is 15.5 Å². The summed E-state index contributed by atoms with van der Waals surface area (Å²) in [5, 5.41) is 17.2. The van der Waals surface area contributed by atoms with Crippen LogP contribution >= 0.6 is 34.8 Å². The van der Waals surface area contributed by atoms with Gasteiger partial charge in [0.2, 0.25) is 0 Å². The zero-order valence-corrected chi connectivity index (χ0v) is 13.9. The number of rotatable bonds is 4. The highest BCUT2D eigenvalue weighted by atomic mass is 127. The molecule has 0 saturated carbocycles. The molecule has 1 aromatic carbocycles. The second-order valence-electron chi connectivity index (χ2n) is 4.05. The Morgan fingerprint density at radius 2 is 2.21 bits per heavy atom. The minimum Gasteiger partial charge on any atom is -0.504 e. The summed E-state index contributed by atoms with van der Waals surface area (Å²) in [7, 11) is 1.51. The van der Waals surface area contributed by atoms with Crippen molar-refractivity contribution in [2.45, 2.75) is 19.9 Å². The predicted octanol–water partition coefficient (Wildman–Crippen LogP) is 2.21. The molecule has 0 spiro atoms. The van der Waals surface area contributed by atoms with E-state index in [-0.39, 0.29) is 11.8 Å². The first-order valence-corrected chi connectivity index (χ1v) is 7.08. The highest BCUT2D eigenvalue weighted by Gasteiger charge is 2.07. The van der Waals surface area contributed by atoms with E-state index in [2.05, 4.69) is 15.8 Å². The van der Waals surface area contributed by atoms with Crippen LogP contribution in [0.4, 0.5) is 0 Å². The summed E-state index contributed by atoms with van der Waals surface area (Å²) in [6, 6.07) is 3.74. The number of methoxy groups -OCH3 is 1. The van der Waals surface area contributed by atoms with E-state index in [1.54, 1.807) is 18.3 Å². The van der Waals surface area contributed by atoms with E-state index in [9.17, 15) is 5.11 Å². The highest BCUT2D eigenvalue weighted by molar-refractivity contribution is 14.1. The second-order valence-corrected chi connectivity index (χ2v) is 5.62. The van der Waals surface area contributed by atoms with Gasteiger partial charge in [0, 0.05) is 6.04 Å². The first-order valence-electron chi connectivity index (χ1n) is 5.60. The van der Waals surface area contributed by atoms with Crippen molar-refractivity contribution in [3.63, 3.8) is 0 Å². The Kier molecular flexibility index (Phi) is 6.29. The maximum atomic E-state index is 9.71. The van der Waals surface area contributed by atoms with E-state index in [0.717, 1.165) is 5.56 Å². The lowest BCUT2D eigenvalue weighted by atomic mass is 10.2. The number of phenolic OH excluding ortho intramolecular Hbond substituents is 1. The van der Waals surface area contributed by atoms with Crippen molar-refractivity contribution < 1.29 is 9.84 Å². The van der Waals surface area contributed by atoms with Gasteiger partial charge in [-0.3, -0.25) is 5.43 Å². The summed E-state index contributed by atoms with van der Waals surface area (Å²) in [6.07, 6.45) is 1.61. The Morgan fingerprint density at radius 1 is 1.53 bits per heavy atom. The Labute approximate surface area is 131 Å². The van der Waals surface area contributed by atoms with Gasteiger partial charge in [-0.25, -0.2) is 0 Å². The molecular weight excluding hydrogens is 377 g/mol. The number of hydrogen-bond acceptors (Lipinski definition) is 4. The minimum absolute atomic E-state index is 0.130. The number of ether oxygens (including phenoxy) is 1. The third-order valence-corrected chi connectivity index (χ3v) is 3.10. The Morgan fingerprint density at radius 3 is 2.79 bits per heavy atom. The molecule has 0 amide bonds. The molecule has 7 heteroatoms. The molecule has 0 aliphatic heterocycles. The first-order chi connectivity index (χ1) is 8.93. The average molecular weight is 393 g/mol. The third-order valence-electron chi connectivity index (χ3n) is 2.07. The number of phenols is 1. The van der Waals surface area contributed by atoms with Crippen LogP contribution in [0.25, 0.3) is 0 Å². The Bertz CT molecular complexity index is 492. The van der Waals surface area contributed by atoms with Gasteiger partial charge in [0.15, 0.2) is 16.6 Å². The number of thiocarbonyl (C=S) groups is 1. The molecule has 0 radical (unpaired) electrons. The summed E-state index contributed by atoms with van der Waals surface area (Å²) in [6.45, 7) is 3.98. The third kappa shape index (κ3) is 5.19. The van der Waals surface area contributed by atoms with Crippen LogP contribution in [0.15, 0.2) is 17.2 Å². The van der Waals surface area contributed by atoms with Gasteiger partial charge in [-0.1, -0.05) is 0 Å². The standard InChI is InChI=1S/C12H16IN3O2S/c1-7(2)15-12(19)16-14-6-8-4-9(13)11(17)10(5-8)18-3/h4-7,17H,1-3H3,(H2,15,16,19)/b14-6+. The van der Waals surface area contributed by atoms with Gasteiger partial charge in [-0.05, 0) is 66.4 Å². The average Bonchev–Trinajstić information content (AvgIpc) is 2.32. The normalized spacial score (nSPS) is 10.8. The van der Waals surface area contributed by atoms with Crippen LogP contribution in [0.5, 0.6) is 11.5 Å². The van der Waals surface area contributed by atoms with Crippen molar-refractivity contribution in [3.05, 3.63) is 21.3 Å². The summed E-state index contributed by atoms with van der Waals surface area (Å²) >= 11 is 7.07. The van der Waals surface area contributed by atoms with Crippen LogP contribution in [-0.4, -0.2) is 29.6 Å². The van der Waals surface area contributed by atoms with Crippen molar-refractivity contribution in [3.8, 4) is 11.5 Å². The van der Waals surface area contributed by atoms with E-state index >= 15 is 0 Å². The van der Waals surface area contributed by atoms with E-state index in [1.165, 1.54) is 7.11 Å². The van der Waals surface area contributed by atoms with Crippen molar-refractivity contribution >= 4 is 46.1 Å². The predicted molar refractivity (Wildman–Crippen MR) is 89.0 cm³/mol. The molecule has 5 nitrogen and oxygen atoms in total. The fraction of sp³-hybridized carbons (Fsp3) is 0.333. The quantitative estimate of drug-likeness (QED) is 0.317. The lowest BCUT2D eigenvalue weighted by Crippen LogP contribution is -2.36. The van der Waals surface area contributed by atoms with E-state index in [0.29, 0.717) is 14.4 Å². The number of hydrogen-bond donors (Lipinski definition) is 3. The van der Waals surface area contributed by atoms with Crippen LogP contribution in [-0.2, 0) is 0 Å². The van der Waals surface area contributed by atoms with Gasteiger partial charge >= 0.3 is 0 Å². The molecule has 0 aromatic heterocycles. The number of hydrazone groups is 1. The molecule has 0 atom stereocenters. The van der Waals surface area contributed by atoms with Crippen molar-refractivity contribution in [1.82, 2.24) is 10.7 Å². The topological polar surface area (TPSA) is 65.9 Å². The van der Waals surface area contributed by atoms with Crippen molar-refractivity contribution in [1.29, 1.82) is 0 Å². The molecule has 0 aliphatic carbocycles. The molecule has 19 heavy (non-hydrogen) atoms. The van der Waals surface area contributed by atoms with Gasteiger partial charge in [-0.15, -0.1) is 0 Å². The van der Waals surface area contributed by atoms with Gasteiger partial charge in [0.25, 0.3) is 0 Å². The molecule has 104 valence electrons. The summed E-state index contributed by atoms with van der Waals surface area (Å²) in [5.41, 5.74) is 3.52. The SMILES string of the molecule is COc1cc(/C=N/NC(=S)NC(C)C)cc(I)c1O. The van der Waals surface area contributed by atoms with Gasteiger partial charge in [-0.2, -0.15) is 5.10 Å². The number of halogens is 1. The van der Waals surface area contributed by atoms with Crippen molar-refractivity contribution in [2.75, 3.05) is 7.11 Å².